The number of halogens is 1. The molecule has 0 fully saturated rings. The topological polar surface area (TPSA) is 67.5 Å². The molecule has 0 unspecified atom stereocenters. The zero-order valence-electron chi connectivity index (χ0n) is 16.1. The smallest absolute Gasteiger partial charge is 0.274 e. The molecule has 1 N–H and O–H groups in total. The lowest BCUT2D eigenvalue weighted by Crippen LogP contribution is -2.37. The summed E-state index contributed by atoms with van der Waals surface area (Å²) in [6.45, 7) is 5.31. The minimum atomic E-state index is -0.362. The van der Waals surface area contributed by atoms with Crippen LogP contribution in [0.2, 0.25) is 0 Å². The third-order valence-electron chi connectivity index (χ3n) is 5.38. The Morgan fingerprint density at radius 3 is 2.46 bits per heavy atom. The molecule has 146 valence electrons. The summed E-state index contributed by atoms with van der Waals surface area (Å²) in [5, 5.41) is 11.0. The van der Waals surface area contributed by atoms with Crippen molar-refractivity contribution in [3.63, 3.8) is 0 Å². The zero-order chi connectivity index (χ0) is 20.2. The van der Waals surface area contributed by atoms with E-state index in [0.29, 0.717) is 18.6 Å². The Morgan fingerprint density at radius 1 is 1.14 bits per heavy atom. The van der Waals surface area contributed by atoms with Crippen molar-refractivity contribution in [2.45, 2.75) is 32.9 Å². The Bertz CT molecular complexity index is 1140. The largest absolute Gasteiger partial charge is 0.505 e. The lowest BCUT2D eigenvalue weighted by molar-refractivity contribution is 0.0747. The predicted molar refractivity (Wildman–Crippen MR) is 104 cm³/mol. The van der Waals surface area contributed by atoms with Gasteiger partial charge < -0.3 is 19.1 Å². The van der Waals surface area contributed by atoms with Crippen molar-refractivity contribution < 1.29 is 14.3 Å². The normalized spacial score (nSPS) is 14.2. The summed E-state index contributed by atoms with van der Waals surface area (Å²) in [6, 6.07) is 5.96. The van der Waals surface area contributed by atoms with E-state index in [2.05, 4.69) is 0 Å². The van der Waals surface area contributed by atoms with Crippen LogP contribution in [0.1, 0.15) is 41.4 Å². The molecule has 1 aromatic carbocycles. The quantitative estimate of drug-likeness (QED) is 0.756. The molecule has 4 rings (SSSR count). The van der Waals surface area contributed by atoms with Gasteiger partial charge in [-0.15, -0.1) is 0 Å². The highest BCUT2D eigenvalue weighted by Gasteiger charge is 2.32. The van der Waals surface area contributed by atoms with E-state index in [0.717, 1.165) is 11.1 Å². The number of amides is 1. The Balaban J connectivity index is 1.98. The summed E-state index contributed by atoms with van der Waals surface area (Å²) in [7, 11) is 1.68. The van der Waals surface area contributed by atoms with Crippen LogP contribution in [0.5, 0.6) is 5.75 Å². The van der Waals surface area contributed by atoms with E-state index in [1.165, 1.54) is 16.7 Å². The molecule has 1 aliphatic rings. The highest BCUT2D eigenvalue weighted by Crippen LogP contribution is 2.36. The highest BCUT2D eigenvalue weighted by atomic mass is 19.1. The predicted octanol–water partition coefficient (Wildman–Crippen LogP) is 2.91. The number of benzene rings is 1. The van der Waals surface area contributed by atoms with Gasteiger partial charge in [0.15, 0.2) is 11.4 Å². The molecule has 0 saturated heterocycles. The van der Waals surface area contributed by atoms with E-state index in [1.54, 1.807) is 34.8 Å². The first-order valence-corrected chi connectivity index (χ1v) is 9.28. The van der Waals surface area contributed by atoms with Crippen molar-refractivity contribution in [1.82, 2.24) is 14.0 Å². The van der Waals surface area contributed by atoms with Crippen LogP contribution in [-0.4, -0.2) is 38.6 Å². The fourth-order valence-electron chi connectivity index (χ4n) is 3.84. The van der Waals surface area contributed by atoms with E-state index in [9.17, 15) is 19.1 Å². The number of nitrogens with zero attached hydrogens (tertiary/aromatic N) is 3. The molecule has 28 heavy (non-hydrogen) atoms. The summed E-state index contributed by atoms with van der Waals surface area (Å²) >= 11 is 0. The van der Waals surface area contributed by atoms with Gasteiger partial charge in [0, 0.05) is 26.3 Å². The van der Waals surface area contributed by atoms with Crippen LogP contribution in [0, 0.1) is 5.82 Å². The first-order valence-electron chi connectivity index (χ1n) is 9.28. The second-order valence-corrected chi connectivity index (χ2v) is 7.60. The molecule has 1 aliphatic heterocycles. The number of aromatic hydroxyl groups is 1. The third-order valence-corrected chi connectivity index (χ3v) is 5.38. The lowest BCUT2D eigenvalue weighted by Gasteiger charge is -2.25. The number of hydrogen-bond donors (Lipinski definition) is 1. The van der Waals surface area contributed by atoms with Crippen LogP contribution < -0.4 is 5.56 Å². The molecule has 0 saturated carbocycles. The van der Waals surface area contributed by atoms with Gasteiger partial charge in [-0.05, 0) is 29.2 Å². The van der Waals surface area contributed by atoms with E-state index >= 15 is 0 Å². The van der Waals surface area contributed by atoms with Crippen LogP contribution in [0.15, 0.2) is 35.3 Å². The van der Waals surface area contributed by atoms with Gasteiger partial charge in [-0.3, -0.25) is 9.59 Å². The maximum Gasteiger partial charge on any atom is 0.274 e. The lowest BCUT2D eigenvalue weighted by atomic mass is 10.0. The van der Waals surface area contributed by atoms with Crippen molar-refractivity contribution in [3.8, 4) is 5.75 Å². The van der Waals surface area contributed by atoms with Crippen molar-refractivity contribution in [3.05, 3.63) is 63.5 Å². The zero-order valence-corrected chi connectivity index (χ0v) is 16.1. The van der Waals surface area contributed by atoms with Crippen molar-refractivity contribution >= 4 is 16.8 Å². The number of carbonyl (C=O) groups excluding carboxylic acids is 1. The minimum Gasteiger partial charge on any atom is -0.505 e. The molecule has 0 bridgehead atoms. The number of fused-ring (bicyclic) bond motifs is 3. The van der Waals surface area contributed by atoms with E-state index in [-0.39, 0.29) is 46.6 Å². The SMILES string of the molecule is CC(C)c1cn(Cc2ccc(F)cc2)c(=O)c2c(O)c3n(c12)CCN(C)C3=O. The molecule has 0 aliphatic carbocycles. The molecule has 1 amide bonds. The molecule has 7 heteroatoms. The maximum atomic E-state index is 13.2. The van der Waals surface area contributed by atoms with E-state index in [1.807, 2.05) is 13.8 Å². The number of carbonyl (C=O) groups is 1. The summed E-state index contributed by atoms with van der Waals surface area (Å²) < 4.78 is 16.5. The first kappa shape index (κ1) is 18.3. The van der Waals surface area contributed by atoms with Crippen molar-refractivity contribution in [2.24, 2.45) is 0 Å². The van der Waals surface area contributed by atoms with Crippen LogP contribution >= 0.6 is 0 Å². The van der Waals surface area contributed by atoms with Gasteiger partial charge in [-0.25, -0.2) is 4.39 Å². The maximum absolute atomic E-state index is 13.2. The summed E-state index contributed by atoms with van der Waals surface area (Å²) in [5.41, 5.74) is 2.10. The third kappa shape index (κ3) is 2.69. The van der Waals surface area contributed by atoms with Gasteiger partial charge in [0.25, 0.3) is 11.5 Å². The summed E-state index contributed by atoms with van der Waals surface area (Å²) in [6.07, 6.45) is 1.79. The fourth-order valence-corrected chi connectivity index (χ4v) is 3.84. The van der Waals surface area contributed by atoms with Gasteiger partial charge in [-0.1, -0.05) is 26.0 Å². The second kappa shape index (κ2) is 6.51. The van der Waals surface area contributed by atoms with Crippen molar-refractivity contribution in [2.75, 3.05) is 13.6 Å². The molecule has 0 spiro atoms. The molecule has 6 nitrogen and oxygen atoms in total. The molecule has 0 atom stereocenters. The number of pyridine rings is 1. The molecular formula is C21H22FN3O3. The monoisotopic (exact) mass is 383 g/mol. The van der Waals surface area contributed by atoms with Gasteiger partial charge in [-0.2, -0.15) is 0 Å². The van der Waals surface area contributed by atoms with Crippen molar-refractivity contribution in [1.29, 1.82) is 0 Å². The average molecular weight is 383 g/mol. The van der Waals surface area contributed by atoms with E-state index in [4.69, 9.17) is 0 Å². The Morgan fingerprint density at radius 2 is 1.82 bits per heavy atom. The molecular weight excluding hydrogens is 361 g/mol. The number of rotatable bonds is 3. The first-order chi connectivity index (χ1) is 13.3. The number of hydrogen-bond acceptors (Lipinski definition) is 3. The standard InChI is InChI=1S/C21H22FN3O3/c1-12(2)15-11-24(10-13-4-6-14(22)7-5-13)20(27)16-17(15)25-9-8-23(3)21(28)18(25)19(16)26/h4-7,11-12,26H,8-10H2,1-3H3. The fraction of sp³-hybridized carbons (Fsp3) is 0.333. The minimum absolute atomic E-state index is 0.0794. The Hall–Kier alpha value is -3.09. The molecule has 2 aromatic heterocycles. The van der Waals surface area contributed by atoms with Gasteiger partial charge in [0.05, 0.1) is 12.1 Å². The average Bonchev–Trinajstić information content (AvgIpc) is 2.95. The second-order valence-electron chi connectivity index (χ2n) is 7.60. The molecule has 0 radical (unpaired) electrons. The highest BCUT2D eigenvalue weighted by molar-refractivity contribution is 6.05. The van der Waals surface area contributed by atoms with E-state index < -0.39 is 0 Å². The van der Waals surface area contributed by atoms with Gasteiger partial charge >= 0.3 is 0 Å². The molecule has 3 heterocycles. The summed E-state index contributed by atoms with van der Waals surface area (Å²) in [4.78, 5) is 27.3. The Kier molecular flexibility index (Phi) is 4.25. The van der Waals surface area contributed by atoms with Crippen LogP contribution in [0.4, 0.5) is 4.39 Å². The van der Waals surface area contributed by atoms with Gasteiger partial charge in [0.1, 0.15) is 11.2 Å². The molecule has 3 aromatic rings. The van der Waals surface area contributed by atoms with Crippen LogP contribution in [-0.2, 0) is 13.1 Å². The van der Waals surface area contributed by atoms with Crippen LogP contribution in [0.3, 0.4) is 0 Å². The van der Waals surface area contributed by atoms with Crippen LogP contribution in [0.25, 0.3) is 10.9 Å². The Labute approximate surface area is 161 Å². The van der Waals surface area contributed by atoms with Gasteiger partial charge in [0.2, 0.25) is 0 Å². The number of aromatic nitrogens is 2. The number of likely N-dealkylation sites (N-methyl/N-ethyl adjacent to an activating group) is 1. The summed E-state index contributed by atoms with van der Waals surface area (Å²) in [5.74, 6) is -0.809.